The van der Waals surface area contributed by atoms with Crippen molar-refractivity contribution in [1.29, 1.82) is 0 Å². The van der Waals surface area contributed by atoms with Gasteiger partial charge in [-0.25, -0.2) is 0 Å². The Morgan fingerprint density at radius 2 is 1.89 bits per heavy atom. The van der Waals surface area contributed by atoms with Crippen LogP contribution in [-0.2, 0) is 11.9 Å². The van der Waals surface area contributed by atoms with Crippen molar-refractivity contribution in [2.24, 2.45) is 0 Å². The van der Waals surface area contributed by atoms with Gasteiger partial charge in [0.05, 0.1) is 0 Å². The number of amides is 1. The summed E-state index contributed by atoms with van der Waals surface area (Å²) in [5.41, 5.74) is 3.79. The molecule has 0 spiro atoms. The minimum absolute atomic E-state index is 0.0740. The number of carbonyl (C=O) groups excluding carboxylic acids is 1. The second-order valence-corrected chi connectivity index (χ2v) is 4.88. The topological polar surface area (TPSA) is 42.0 Å². The fourth-order valence-electron chi connectivity index (χ4n) is 1.72. The molecule has 2 aromatic rings. The number of nitrogens with one attached hydrogen (secondary N) is 1. The summed E-state index contributed by atoms with van der Waals surface area (Å²) in [5.74, 6) is -0.0740. The summed E-state index contributed by atoms with van der Waals surface area (Å²) in [7, 11) is 0. The number of rotatable bonds is 4. The molecule has 1 N–H and O–H groups in total. The molecule has 4 heteroatoms. The Morgan fingerprint density at radius 3 is 2.53 bits per heavy atom. The predicted molar refractivity (Wildman–Crippen MR) is 79.2 cm³/mol. The zero-order valence-electron chi connectivity index (χ0n) is 10.7. The van der Waals surface area contributed by atoms with Gasteiger partial charge in [0.25, 0.3) is 5.91 Å². The smallest absolute Gasteiger partial charge is 0.251 e. The fraction of sp³-hybridized carbons (Fsp3) is 0.200. The maximum Gasteiger partial charge on any atom is 0.251 e. The largest absolute Gasteiger partial charge is 0.348 e. The average molecular weight is 319 g/mol. The van der Waals surface area contributed by atoms with E-state index in [1.807, 2.05) is 31.2 Å². The number of hydrogen-bond acceptors (Lipinski definition) is 2. The molecule has 19 heavy (non-hydrogen) atoms. The van der Waals surface area contributed by atoms with Crippen molar-refractivity contribution >= 4 is 21.8 Å². The van der Waals surface area contributed by atoms with E-state index in [0.717, 1.165) is 16.6 Å². The number of pyridine rings is 1. The molecule has 2 rings (SSSR count). The van der Waals surface area contributed by atoms with Crippen molar-refractivity contribution in [1.82, 2.24) is 10.3 Å². The van der Waals surface area contributed by atoms with Crippen LogP contribution in [0.5, 0.6) is 0 Å². The Hall–Kier alpha value is -1.68. The van der Waals surface area contributed by atoms with Crippen LogP contribution in [-0.4, -0.2) is 10.9 Å². The van der Waals surface area contributed by atoms with E-state index in [4.69, 9.17) is 0 Å². The number of benzene rings is 1. The third-order valence-corrected chi connectivity index (χ3v) is 3.44. The third-order valence-electron chi connectivity index (χ3n) is 2.79. The fourth-order valence-corrected chi connectivity index (χ4v) is 2.09. The van der Waals surface area contributed by atoms with Crippen LogP contribution in [0.25, 0.3) is 0 Å². The number of alkyl halides is 1. The molecule has 0 unspecified atom stereocenters. The van der Waals surface area contributed by atoms with Gasteiger partial charge in [-0.2, -0.15) is 0 Å². The quantitative estimate of drug-likeness (QED) is 0.879. The second-order valence-electron chi connectivity index (χ2n) is 4.32. The Morgan fingerprint density at radius 1 is 1.21 bits per heavy atom. The van der Waals surface area contributed by atoms with Gasteiger partial charge in [-0.05, 0) is 30.2 Å². The number of aromatic nitrogens is 1. The summed E-state index contributed by atoms with van der Waals surface area (Å²) in [4.78, 5) is 16.0. The standard InChI is InChI=1S/C15H15BrN2O/c1-11-8-14(6-7-17-11)15(19)18-10-13-4-2-12(9-16)3-5-13/h2-8H,9-10H2,1H3,(H,18,19). The van der Waals surface area contributed by atoms with E-state index in [2.05, 4.69) is 26.2 Å². The van der Waals surface area contributed by atoms with Crippen molar-refractivity contribution in [3.8, 4) is 0 Å². The van der Waals surface area contributed by atoms with Crippen molar-refractivity contribution in [2.45, 2.75) is 18.8 Å². The van der Waals surface area contributed by atoms with Crippen molar-refractivity contribution in [2.75, 3.05) is 0 Å². The van der Waals surface area contributed by atoms with Crippen molar-refractivity contribution < 1.29 is 4.79 Å². The molecule has 0 aliphatic rings. The van der Waals surface area contributed by atoms with Gasteiger partial charge in [0, 0.05) is 29.3 Å². The summed E-state index contributed by atoms with van der Waals surface area (Å²) < 4.78 is 0. The lowest BCUT2D eigenvalue weighted by molar-refractivity contribution is 0.0950. The lowest BCUT2D eigenvalue weighted by atomic mass is 10.1. The molecule has 0 radical (unpaired) electrons. The average Bonchev–Trinajstić information content (AvgIpc) is 2.45. The van der Waals surface area contributed by atoms with Gasteiger partial charge in [-0.15, -0.1) is 0 Å². The first-order valence-electron chi connectivity index (χ1n) is 6.03. The number of aryl methyl sites for hydroxylation is 1. The highest BCUT2D eigenvalue weighted by Gasteiger charge is 2.05. The molecule has 1 aromatic carbocycles. The molecule has 0 aliphatic heterocycles. The molecule has 1 amide bonds. The molecule has 0 bridgehead atoms. The van der Waals surface area contributed by atoms with Gasteiger partial charge in [0.15, 0.2) is 0 Å². The molecule has 0 saturated carbocycles. The molecule has 1 heterocycles. The highest BCUT2D eigenvalue weighted by molar-refractivity contribution is 9.08. The van der Waals surface area contributed by atoms with E-state index in [1.54, 1.807) is 18.3 Å². The summed E-state index contributed by atoms with van der Waals surface area (Å²) in [6, 6.07) is 11.6. The van der Waals surface area contributed by atoms with Crippen LogP contribution in [0, 0.1) is 6.92 Å². The zero-order valence-corrected chi connectivity index (χ0v) is 12.3. The minimum Gasteiger partial charge on any atom is -0.348 e. The Bertz CT molecular complexity index is 567. The van der Waals surface area contributed by atoms with Gasteiger partial charge >= 0.3 is 0 Å². The van der Waals surface area contributed by atoms with E-state index in [9.17, 15) is 4.79 Å². The molecular formula is C15H15BrN2O. The number of carbonyl (C=O) groups is 1. The van der Waals surface area contributed by atoms with Gasteiger partial charge in [0.1, 0.15) is 0 Å². The molecule has 0 aliphatic carbocycles. The summed E-state index contributed by atoms with van der Waals surface area (Å²) >= 11 is 3.41. The summed E-state index contributed by atoms with van der Waals surface area (Å²) in [6.45, 7) is 2.40. The highest BCUT2D eigenvalue weighted by Crippen LogP contribution is 2.08. The van der Waals surface area contributed by atoms with Crippen molar-refractivity contribution in [3.63, 3.8) is 0 Å². The minimum atomic E-state index is -0.0740. The number of halogens is 1. The second kappa shape index (κ2) is 6.48. The van der Waals surface area contributed by atoms with Crippen LogP contribution in [0.4, 0.5) is 0 Å². The van der Waals surface area contributed by atoms with Crippen molar-refractivity contribution in [3.05, 3.63) is 65.0 Å². The van der Waals surface area contributed by atoms with Gasteiger partial charge in [-0.3, -0.25) is 9.78 Å². The van der Waals surface area contributed by atoms with Gasteiger partial charge in [0.2, 0.25) is 0 Å². The van der Waals surface area contributed by atoms with Crippen LogP contribution in [0.15, 0.2) is 42.6 Å². The van der Waals surface area contributed by atoms with E-state index in [0.29, 0.717) is 12.1 Å². The number of nitrogens with zero attached hydrogens (tertiary/aromatic N) is 1. The monoisotopic (exact) mass is 318 g/mol. The maximum atomic E-state index is 11.9. The van der Waals surface area contributed by atoms with E-state index in [-0.39, 0.29) is 5.91 Å². The SMILES string of the molecule is Cc1cc(C(=O)NCc2ccc(CBr)cc2)ccn1. The Labute approximate surface area is 121 Å². The summed E-state index contributed by atoms with van der Waals surface area (Å²) in [5, 5.41) is 3.74. The zero-order chi connectivity index (χ0) is 13.7. The Balaban J connectivity index is 1.96. The van der Waals surface area contributed by atoms with Crippen LogP contribution in [0.2, 0.25) is 0 Å². The van der Waals surface area contributed by atoms with Crippen LogP contribution < -0.4 is 5.32 Å². The molecule has 98 valence electrons. The van der Waals surface area contributed by atoms with Crippen LogP contribution in [0.1, 0.15) is 27.2 Å². The highest BCUT2D eigenvalue weighted by atomic mass is 79.9. The maximum absolute atomic E-state index is 11.9. The third kappa shape index (κ3) is 3.89. The van der Waals surface area contributed by atoms with Gasteiger partial charge < -0.3 is 5.32 Å². The van der Waals surface area contributed by atoms with E-state index in [1.165, 1.54) is 5.56 Å². The summed E-state index contributed by atoms with van der Waals surface area (Å²) in [6.07, 6.45) is 1.65. The Kier molecular flexibility index (Phi) is 4.68. The molecule has 0 saturated heterocycles. The van der Waals surface area contributed by atoms with E-state index >= 15 is 0 Å². The molecule has 1 aromatic heterocycles. The lowest BCUT2D eigenvalue weighted by Gasteiger charge is -2.06. The van der Waals surface area contributed by atoms with Crippen LogP contribution in [0.3, 0.4) is 0 Å². The first kappa shape index (κ1) is 13.7. The predicted octanol–water partition coefficient (Wildman–Crippen LogP) is 3.21. The van der Waals surface area contributed by atoms with Crippen LogP contribution >= 0.6 is 15.9 Å². The van der Waals surface area contributed by atoms with E-state index < -0.39 is 0 Å². The van der Waals surface area contributed by atoms with Gasteiger partial charge in [-0.1, -0.05) is 40.2 Å². The molecule has 0 fully saturated rings. The normalized spacial score (nSPS) is 10.2. The molecule has 0 atom stereocenters. The first-order chi connectivity index (χ1) is 9.19. The first-order valence-corrected chi connectivity index (χ1v) is 7.16. The number of hydrogen-bond donors (Lipinski definition) is 1. The lowest BCUT2D eigenvalue weighted by Crippen LogP contribution is -2.22. The molecular weight excluding hydrogens is 304 g/mol. The molecule has 3 nitrogen and oxygen atoms in total.